The summed E-state index contributed by atoms with van der Waals surface area (Å²) in [6, 6.07) is 6.13. The lowest BCUT2D eigenvalue weighted by atomic mass is 10.2. The van der Waals surface area contributed by atoms with Crippen molar-refractivity contribution in [2.45, 2.75) is 0 Å². The van der Waals surface area contributed by atoms with E-state index in [9.17, 15) is 9.18 Å². The number of thiazole rings is 1. The Bertz CT molecular complexity index is 586. The molecule has 0 radical (unpaired) electrons. The molecule has 0 aliphatic rings. The van der Waals surface area contributed by atoms with Crippen LogP contribution < -0.4 is 10.6 Å². The number of halogens is 1. The Hall–Kier alpha value is -1.99. The van der Waals surface area contributed by atoms with Gasteiger partial charge in [0.2, 0.25) is 5.91 Å². The van der Waals surface area contributed by atoms with Crippen molar-refractivity contribution in [3.8, 4) is 11.3 Å². The lowest BCUT2D eigenvalue weighted by Gasteiger charge is -2.04. The first-order valence-corrected chi connectivity index (χ1v) is 7.28. The van der Waals surface area contributed by atoms with Crippen molar-refractivity contribution in [2.75, 3.05) is 32.1 Å². The van der Waals surface area contributed by atoms with Gasteiger partial charge in [-0.15, -0.1) is 11.3 Å². The number of carbonyl (C=O) groups excluding carboxylic acids is 1. The van der Waals surface area contributed by atoms with Gasteiger partial charge in [-0.25, -0.2) is 9.37 Å². The summed E-state index contributed by atoms with van der Waals surface area (Å²) in [5.74, 6) is -0.398. The molecular formula is C14H16FN3O2S. The fourth-order valence-electron chi connectivity index (χ4n) is 1.62. The van der Waals surface area contributed by atoms with Gasteiger partial charge in [-0.2, -0.15) is 0 Å². The summed E-state index contributed by atoms with van der Waals surface area (Å²) in [6.45, 7) is 1.12. The standard InChI is InChI=1S/C14H16FN3O2S/c1-20-7-6-16-13(19)8-17-14-18-12(9-21-14)10-2-4-11(15)5-3-10/h2-5,9H,6-8H2,1H3,(H,16,19)(H,17,18). The Morgan fingerprint density at radius 2 is 2.14 bits per heavy atom. The smallest absolute Gasteiger partial charge is 0.239 e. The number of amides is 1. The lowest BCUT2D eigenvalue weighted by molar-refractivity contribution is -0.119. The van der Waals surface area contributed by atoms with Crippen LogP contribution in [0.3, 0.4) is 0 Å². The molecular weight excluding hydrogens is 293 g/mol. The van der Waals surface area contributed by atoms with Crippen LogP contribution in [0.4, 0.5) is 9.52 Å². The van der Waals surface area contributed by atoms with Gasteiger partial charge in [0.1, 0.15) is 5.82 Å². The minimum atomic E-state index is -0.278. The Morgan fingerprint density at radius 3 is 2.86 bits per heavy atom. The second-order valence-electron chi connectivity index (χ2n) is 4.24. The number of aromatic nitrogens is 1. The highest BCUT2D eigenvalue weighted by Crippen LogP contribution is 2.24. The first-order chi connectivity index (χ1) is 10.2. The number of carbonyl (C=O) groups is 1. The van der Waals surface area contributed by atoms with E-state index in [-0.39, 0.29) is 18.3 Å². The molecule has 21 heavy (non-hydrogen) atoms. The third kappa shape index (κ3) is 4.80. The van der Waals surface area contributed by atoms with E-state index in [2.05, 4.69) is 15.6 Å². The molecule has 0 saturated heterocycles. The van der Waals surface area contributed by atoms with Crippen molar-refractivity contribution in [1.29, 1.82) is 0 Å². The first-order valence-electron chi connectivity index (χ1n) is 6.40. The quantitative estimate of drug-likeness (QED) is 0.769. The molecule has 0 aliphatic carbocycles. The van der Waals surface area contributed by atoms with Crippen molar-refractivity contribution in [2.24, 2.45) is 0 Å². The zero-order valence-corrected chi connectivity index (χ0v) is 12.4. The van der Waals surface area contributed by atoms with Crippen LogP contribution in [0, 0.1) is 5.82 Å². The summed E-state index contributed by atoms with van der Waals surface area (Å²) in [4.78, 5) is 15.9. The van der Waals surface area contributed by atoms with E-state index >= 15 is 0 Å². The second-order valence-corrected chi connectivity index (χ2v) is 5.10. The molecule has 0 fully saturated rings. The molecule has 2 rings (SSSR count). The number of methoxy groups -OCH3 is 1. The summed E-state index contributed by atoms with van der Waals surface area (Å²) in [7, 11) is 1.58. The largest absolute Gasteiger partial charge is 0.383 e. The number of anilines is 1. The van der Waals surface area contributed by atoms with Gasteiger partial charge in [-0.05, 0) is 24.3 Å². The molecule has 2 aromatic rings. The number of rotatable bonds is 7. The van der Waals surface area contributed by atoms with E-state index in [1.54, 1.807) is 19.2 Å². The molecule has 0 unspecified atom stereocenters. The van der Waals surface area contributed by atoms with E-state index < -0.39 is 0 Å². The van der Waals surface area contributed by atoms with Crippen molar-refractivity contribution in [3.05, 3.63) is 35.5 Å². The molecule has 0 atom stereocenters. The van der Waals surface area contributed by atoms with Crippen molar-refractivity contribution >= 4 is 22.4 Å². The molecule has 1 amide bonds. The van der Waals surface area contributed by atoms with Gasteiger partial charge in [-0.1, -0.05) is 0 Å². The number of hydrogen-bond acceptors (Lipinski definition) is 5. The topological polar surface area (TPSA) is 63.2 Å². The summed E-state index contributed by atoms with van der Waals surface area (Å²) >= 11 is 1.40. The van der Waals surface area contributed by atoms with Crippen LogP contribution in [0.15, 0.2) is 29.6 Å². The third-order valence-electron chi connectivity index (χ3n) is 2.67. The lowest BCUT2D eigenvalue weighted by Crippen LogP contribution is -2.32. The molecule has 2 N–H and O–H groups in total. The van der Waals surface area contributed by atoms with Crippen molar-refractivity contribution in [1.82, 2.24) is 10.3 Å². The first kappa shape index (κ1) is 15.4. The van der Waals surface area contributed by atoms with Crippen LogP contribution in [0.2, 0.25) is 0 Å². The van der Waals surface area contributed by atoms with Gasteiger partial charge in [0.15, 0.2) is 5.13 Å². The molecule has 5 nitrogen and oxygen atoms in total. The van der Waals surface area contributed by atoms with Crippen molar-refractivity contribution in [3.63, 3.8) is 0 Å². The van der Waals surface area contributed by atoms with Crippen LogP contribution in [-0.4, -0.2) is 37.7 Å². The molecule has 1 aromatic heterocycles. The van der Waals surface area contributed by atoms with E-state index in [4.69, 9.17) is 4.74 Å². The average Bonchev–Trinajstić information content (AvgIpc) is 2.95. The van der Waals surface area contributed by atoms with E-state index in [1.165, 1.54) is 23.5 Å². The molecule has 0 spiro atoms. The minimum Gasteiger partial charge on any atom is -0.383 e. The highest BCUT2D eigenvalue weighted by Gasteiger charge is 2.06. The molecule has 112 valence electrons. The third-order valence-corrected chi connectivity index (χ3v) is 3.47. The predicted molar refractivity (Wildman–Crippen MR) is 80.9 cm³/mol. The van der Waals surface area contributed by atoms with Crippen LogP contribution >= 0.6 is 11.3 Å². The van der Waals surface area contributed by atoms with Gasteiger partial charge in [0.25, 0.3) is 0 Å². The highest BCUT2D eigenvalue weighted by molar-refractivity contribution is 7.14. The number of ether oxygens (including phenoxy) is 1. The van der Waals surface area contributed by atoms with Gasteiger partial charge < -0.3 is 15.4 Å². The predicted octanol–water partition coefficient (Wildman–Crippen LogP) is 2.12. The molecule has 0 aliphatic heterocycles. The average molecular weight is 309 g/mol. The summed E-state index contributed by atoms with van der Waals surface area (Å²) < 4.78 is 17.7. The zero-order chi connectivity index (χ0) is 15.1. The van der Waals surface area contributed by atoms with Crippen LogP contribution in [0.25, 0.3) is 11.3 Å². The fraction of sp³-hybridized carbons (Fsp3) is 0.286. The summed E-state index contributed by atoms with van der Waals surface area (Å²) in [6.07, 6.45) is 0. The number of hydrogen-bond donors (Lipinski definition) is 2. The maximum atomic E-state index is 12.9. The monoisotopic (exact) mass is 309 g/mol. The van der Waals surface area contributed by atoms with Crippen LogP contribution in [0.5, 0.6) is 0 Å². The van der Waals surface area contributed by atoms with E-state index in [1.807, 2.05) is 5.38 Å². The van der Waals surface area contributed by atoms with Crippen LogP contribution in [-0.2, 0) is 9.53 Å². The molecule has 0 saturated carbocycles. The van der Waals surface area contributed by atoms with E-state index in [0.29, 0.717) is 18.3 Å². The summed E-state index contributed by atoms with van der Waals surface area (Å²) in [5.41, 5.74) is 1.59. The Morgan fingerprint density at radius 1 is 1.38 bits per heavy atom. The van der Waals surface area contributed by atoms with Crippen molar-refractivity contribution < 1.29 is 13.9 Å². The SMILES string of the molecule is COCCNC(=O)CNc1nc(-c2ccc(F)cc2)cs1. The van der Waals surface area contributed by atoms with E-state index in [0.717, 1.165) is 11.3 Å². The van der Waals surface area contributed by atoms with Gasteiger partial charge >= 0.3 is 0 Å². The fourth-order valence-corrected chi connectivity index (χ4v) is 2.34. The molecule has 0 bridgehead atoms. The van der Waals surface area contributed by atoms with Gasteiger partial charge in [0.05, 0.1) is 18.8 Å². The van der Waals surface area contributed by atoms with Gasteiger partial charge in [0, 0.05) is 24.6 Å². The van der Waals surface area contributed by atoms with Crippen LogP contribution in [0.1, 0.15) is 0 Å². The normalized spacial score (nSPS) is 10.4. The molecule has 1 heterocycles. The minimum absolute atomic E-state index is 0.120. The maximum Gasteiger partial charge on any atom is 0.239 e. The maximum absolute atomic E-state index is 12.9. The second kappa shape index (κ2) is 7.70. The van der Waals surface area contributed by atoms with Gasteiger partial charge in [-0.3, -0.25) is 4.79 Å². The Kier molecular flexibility index (Phi) is 5.65. The zero-order valence-electron chi connectivity index (χ0n) is 11.6. The molecule has 1 aromatic carbocycles. The number of benzene rings is 1. The number of nitrogens with one attached hydrogen (secondary N) is 2. The molecule has 7 heteroatoms. The number of nitrogens with zero attached hydrogens (tertiary/aromatic N) is 1. The Labute approximate surface area is 126 Å². The summed E-state index contributed by atoms with van der Waals surface area (Å²) in [5, 5.41) is 8.17. The Balaban J connectivity index is 1.86. The highest BCUT2D eigenvalue weighted by atomic mass is 32.1.